The van der Waals surface area contributed by atoms with E-state index in [4.69, 9.17) is 0 Å². The SMILES string of the molecule is CCNc1ncc2nc(Nc3ccccc3F)n(CC(C)C)c2n1. The van der Waals surface area contributed by atoms with Crippen LogP contribution in [0.2, 0.25) is 0 Å². The second-order valence-corrected chi connectivity index (χ2v) is 5.98. The standard InChI is InChI=1S/C17H21FN6/c1-4-19-16-20-9-14-15(23-16)24(10-11(2)3)17(22-14)21-13-8-6-5-7-12(13)18/h5-9,11H,4,10H2,1-3H3,(H,21,22)(H,19,20,23). The molecule has 0 spiro atoms. The summed E-state index contributed by atoms with van der Waals surface area (Å²) >= 11 is 0. The van der Waals surface area contributed by atoms with Crippen molar-refractivity contribution in [2.24, 2.45) is 5.92 Å². The van der Waals surface area contributed by atoms with Gasteiger partial charge in [-0.25, -0.2) is 14.4 Å². The highest BCUT2D eigenvalue weighted by Crippen LogP contribution is 2.24. The Balaban J connectivity index is 2.07. The van der Waals surface area contributed by atoms with Crippen molar-refractivity contribution in [1.82, 2.24) is 19.5 Å². The summed E-state index contributed by atoms with van der Waals surface area (Å²) < 4.78 is 15.9. The number of para-hydroxylation sites is 1. The van der Waals surface area contributed by atoms with E-state index < -0.39 is 0 Å². The van der Waals surface area contributed by atoms with Crippen LogP contribution in [0.5, 0.6) is 0 Å². The molecule has 7 heteroatoms. The van der Waals surface area contributed by atoms with E-state index in [0.717, 1.165) is 18.7 Å². The molecule has 0 unspecified atom stereocenters. The second kappa shape index (κ2) is 6.82. The molecule has 0 fully saturated rings. The quantitative estimate of drug-likeness (QED) is 0.720. The van der Waals surface area contributed by atoms with E-state index in [1.54, 1.807) is 24.4 Å². The Kier molecular flexibility index (Phi) is 4.59. The van der Waals surface area contributed by atoms with Crippen molar-refractivity contribution in [3.63, 3.8) is 0 Å². The first-order valence-electron chi connectivity index (χ1n) is 8.07. The largest absolute Gasteiger partial charge is 0.354 e. The fourth-order valence-corrected chi connectivity index (χ4v) is 2.48. The van der Waals surface area contributed by atoms with Gasteiger partial charge in [-0.1, -0.05) is 26.0 Å². The average molecular weight is 328 g/mol. The van der Waals surface area contributed by atoms with Crippen molar-refractivity contribution < 1.29 is 4.39 Å². The molecule has 2 aromatic heterocycles. The molecule has 6 nitrogen and oxygen atoms in total. The topological polar surface area (TPSA) is 67.7 Å². The van der Waals surface area contributed by atoms with Gasteiger partial charge in [-0.3, -0.25) is 4.57 Å². The molecule has 0 saturated heterocycles. The van der Waals surface area contributed by atoms with E-state index in [0.29, 0.717) is 29.0 Å². The van der Waals surface area contributed by atoms with Gasteiger partial charge in [0.05, 0.1) is 11.9 Å². The van der Waals surface area contributed by atoms with Crippen LogP contribution in [0, 0.1) is 11.7 Å². The Morgan fingerprint density at radius 1 is 1.21 bits per heavy atom. The highest BCUT2D eigenvalue weighted by Gasteiger charge is 2.15. The average Bonchev–Trinajstić information content (AvgIpc) is 2.87. The molecule has 3 aromatic rings. The van der Waals surface area contributed by atoms with Crippen molar-refractivity contribution >= 4 is 28.7 Å². The smallest absolute Gasteiger partial charge is 0.224 e. The van der Waals surface area contributed by atoms with Gasteiger partial charge in [-0.05, 0) is 25.0 Å². The monoisotopic (exact) mass is 328 g/mol. The third kappa shape index (κ3) is 3.29. The highest BCUT2D eigenvalue weighted by atomic mass is 19.1. The van der Waals surface area contributed by atoms with E-state index in [-0.39, 0.29) is 5.82 Å². The number of benzene rings is 1. The minimum atomic E-state index is -0.319. The zero-order chi connectivity index (χ0) is 17.1. The summed E-state index contributed by atoms with van der Waals surface area (Å²) in [6, 6.07) is 6.54. The molecule has 3 rings (SSSR count). The second-order valence-electron chi connectivity index (χ2n) is 5.98. The lowest BCUT2D eigenvalue weighted by molar-refractivity contribution is 0.534. The number of aromatic nitrogens is 4. The Morgan fingerprint density at radius 3 is 2.71 bits per heavy atom. The van der Waals surface area contributed by atoms with Crippen LogP contribution in [-0.2, 0) is 6.54 Å². The fraction of sp³-hybridized carbons (Fsp3) is 0.353. The lowest BCUT2D eigenvalue weighted by Gasteiger charge is -2.13. The number of imidazole rings is 1. The summed E-state index contributed by atoms with van der Waals surface area (Å²) in [6.45, 7) is 7.68. The van der Waals surface area contributed by atoms with Gasteiger partial charge in [0.15, 0.2) is 5.65 Å². The summed E-state index contributed by atoms with van der Waals surface area (Å²) in [5.41, 5.74) is 1.79. The number of anilines is 3. The molecule has 126 valence electrons. The minimum absolute atomic E-state index is 0.319. The van der Waals surface area contributed by atoms with Crippen LogP contribution >= 0.6 is 0 Å². The molecule has 0 aliphatic rings. The summed E-state index contributed by atoms with van der Waals surface area (Å²) in [7, 11) is 0. The predicted molar refractivity (Wildman–Crippen MR) is 94.0 cm³/mol. The highest BCUT2D eigenvalue weighted by molar-refractivity contribution is 5.76. The molecule has 2 N–H and O–H groups in total. The first kappa shape index (κ1) is 16.2. The summed E-state index contributed by atoms with van der Waals surface area (Å²) in [4.78, 5) is 13.3. The van der Waals surface area contributed by atoms with Gasteiger partial charge in [-0.2, -0.15) is 4.98 Å². The summed E-state index contributed by atoms with van der Waals surface area (Å²) in [5, 5.41) is 6.18. The molecule has 0 aliphatic carbocycles. The van der Waals surface area contributed by atoms with Crippen LogP contribution in [0.15, 0.2) is 30.5 Å². The van der Waals surface area contributed by atoms with Gasteiger partial charge in [-0.15, -0.1) is 0 Å². The molecule has 0 bridgehead atoms. The van der Waals surface area contributed by atoms with Crippen LogP contribution in [0.3, 0.4) is 0 Å². The van der Waals surface area contributed by atoms with E-state index in [1.165, 1.54) is 6.07 Å². The maximum atomic E-state index is 14.0. The van der Waals surface area contributed by atoms with Gasteiger partial charge in [0, 0.05) is 13.1 Å². The van der Waals surface area contributed by atoms with Gasteiger partial charge in [0.2, 0.25) is 11.9 Å². The molecule has 0 radical (unpaired) electrons. The van der Waals surface area contributed by atoms with Crippen molar-refractivity contribution in [2.75, 3.05) is 17.2 Å². The lowest BCUT2D eigenvalue weighted by Crippen LogP contribution is -2.10. The summed E-state index contributed by atoms with van der Waals surface area (Å²) in [5.74, 6) is 1.19. The van der Waals surface area contributed by atoms with E-state index in [1.807, 2.05) is 11.5 Å². The van der Waals surface area contributed by atoms with Gasteiger partial charge in [0.1, 0.15) is 11.3 Å². The number of hydrogen-bond acceptors (Lipinski definition) is 5. The van der Waals surface area contributed by atoms with E-state index >= 15 is 0 Å². The first-order chi connectivity index (χ1) is 11.6. The Labute approximate surface area is 140 Å². The van der Waals surface area contributed by atoms with Crippen molar-refractivity contribution in [3.8, 4) is 0 Å². The third-order valence-electron chi connectivity index (χ3n) is 3.49. The van der Waals surface area contributed by atoms with Crippen molar-refractivity contribution in [3.05, 3.63) is 36.3 Å². The Bertz CT molecular complexity index is 842. The minimum Gasteiger partial charge on any atom is -0.354 e. The third-order valence-corrected chi connectivity index (χ3v) is 3.49. The normalized spacial score (nSPS) is 11.2. The number of hydrogen-bond donors (Lipinski definition) is 2. The number of rotatable bonds is 6. The molecule has 24 heavy (non-hydrogen) atoms. The lowest BCUT2D eigenvalue weighted by atomic mass is 10.2. The van der Waals surface area contributed by atoms with Crippen LogP contribution in [0.4, 0.5) is 22.0 Å². The van der Waals surface area contributed by atoms with E-state index in [9.17, 15) is 4.39 Å². The zero-order valence-electron chi connectivity index (χ0n) is 14.0. The number of halogens is 1. The van der Waals surface area contributed by atoms with Crippen molar-refractivity contribution in [1.29, 1.82) is 0 Å². The van der Waals surface area contributed by atoms with E-state index in [2.05, 4.69) is 39.4 Å². The molecule has 0 aliphatic heterocycles. The molecular formula is C17H21FN6. The predicted octanol–water partition coefficient (Wildman–Crippen LogP) is 3.80. The van der Waals surface area contributed by atoms with Crippen molar-refractivity contribution in [2.45, 2.75) is 27.3 Å². The molecular weight excluding hydrogens is 307 g/mol. The summed E-state index contributed by atoms with van der Waals surface area (Å²) in [6.07, 6.45) is 1.68. The Morgan fingerprint density at radius 2 is 2.00 bits per heavy atom. The number of nitrogens with zero attached hydrogens (tertiary/aromatic N) is 4. The first-order valence-corrected chi connectivity index (χ1v) is 8.07. The van der Waals surface area contributed by atoms with Gasteiger partial charge >= 0.3 is 0 Å². The van der Waals surface area contributed by atoms with Crippen LogP contribution < -0.4 is 10.6 Å². The molecule has 0 saturated carbocycles. The van der Waals surface area contributed by atoms with Gasteiger partial charge < -0.3 is 10.6 Å². The van der Waals surface area contributed by atoms with Gasteiger partial charge in [0.25, 0.3) is 0 Å². The number of nitrogens with one attached hydrogen (secondary N) is 2. The fourth-order valence-electron chi connectivity index (χ4n) is 2.48. The molecule has 1 aromatic carbocycles. The molecule has 0 amide bonds. The van der Waals surface area contributed by atoms with Crippen LogP contribution in [0.25, 0.3) is 11.2 Å². The number of fused-ring (bicyclic) bond motifs is 1. The maximum Gasteiger partial charge on any atom is 0.224 e. The Hall–Kier alpha value is -2.70. The van der Waals surface area contributed by atoms with Crippen LogP contribution in [-0.4, -0.2) is 26.1 Å². The molecule has 2 heterocycles. The molecule has 0 atom stereocenters. The van der Waals surface area contributed by atoms with Crippen LogP contribution in [0.1, 0.15) is 20.8 Å². The zero-order valence-corrected chi connectivity index (χ0v) is 14.0. The maximum absolute atomic E-state index is 14.0.